The van der Waals surface area contributed by atoms with E-state index in [2.05, 4.69) is 31.9 Å². The van der Waals surface area contributed by atoms with Crippen LogP contribution in [0.5, 0.6) is 0 Å². The molecule has 0 aliphatic heterocycles. The minimum Gasteiger partial charge on any atom is -0.290 e. The van der Waals surface area contributed by atoms with E-state index >= 15 is 0 Å². The van der Waals surface area contributed by atoms with Crippen LogP contribution in [0.3, 0.4) is 0 Å². The number of hydrogen-bond donors (Lipinski definition) is 0. The summed E-state index contributed by atoms with van der Waals surface area (Å²) in [5.41, 5.74) is 0. The summed E-state index contributed by atoms with van der Waals surface area (Å²) in [4.78, 5) is 22.2. The predicted octanol–water partition coefficient (Wildman–Crippen LogP) is 2.13. The Labute approximate surface area is 87.0 Å². The van der Waals surface area contributed by atoms with Gasteiger partial charge in [-0.2, -0.15) is 0 Å². The summed E-state index contributed by atoms with van der Waals surface area (Å²) in [6.07, 6.45) is 5.37. The number of Topliss-reactive ketones (excluding diaryl/α,β-unsaturated/α-hetero) is 2. The molecule has 12 heavy (non-hydrogen) atoms. The van der Waals surface area contributed by atoms with Crippen molar-refractivity contribution in [3.05, 3.63) is 22.7 Å². The molecule has 2 nitrogen and oxygen atoms in total. The third-order valence-electron chi connectivity index (χ3n) is 1.41. The highest BCUT2D eigenvalue weighted by Crippen LogP contribution is 2.16. The first-order valence-corrected chi connectivity index (χ1v) is 5.07. The molecule has 0 saturated carbocycles. The molecule has 0 fully saturated rings. The van der Waals surface area contributed by atoms with Crippen LogP contribution in [-0.2, 0) is 9.59 Å². The molecule has 0 saturated heterocycles. The first-order chi connectivity index (χ1) is 5.61. The molecule has 0 N–H and O–H groups in total. The minimum absolute atomic E-state index is 0.0363. The summed E-state index contributed by atoms with van der Waals surface area (Å²) >= 11 is 6.28. The fourth-order valence-corrected chi connectivity index (χ4v) is 1.65. The zero-order valence-electron chi connectivity index (χ0n) is 6.09. The standard InChI is InChI=1S/C8H6Br2O2/c9-5-2-1-3-6(10)8(12)7(11)4-5/h1-3,5H,4H2/b2-1-,6-3+. The predicted molar refractivity (Wildman–Crippen MR) is 53.5 cm³/mol. The van der Waals surface area contributed by atoms with Crippen LogP contribution < -0.4 is 0 Å². The van der Waals surface area contributed by atoms with Crippen molar-refractivity contribution in [3.8, 4) is 0 Å². The highest BCUT2D eigenvalue weighted by molar-refractivity contribution is 9.12. The maximum Gasteiger partial charge on any atom is 0.235 e. The van der Waals surface area contributed by atoms with E-state index in [0.717, 1.165) is 0 Å². The lowest BCUT2D eigenvalue weighted by atomic mass is 10.1. The number of rotatable bonds is 0. The van der Waals surface area contributed by atoms with Crippen molar-refractivity contribution < 1.29 is 9.59 Å². The normalized spacial score (nSPS) is 31.8. The summed E-state index contributed by atoms with van der Waals surface area (Å²) < 4.78 is 0.322. The molecule has 1 rings (SSSR count). The zero-order chi connectivity index (χ0) is 9.14. The Bertz CT molecular complexity index is 279. The van der Waals surface area contributed by atoms with Gasteiger partial charge >= 0.3 is 0 Å². The van der Waals surface area contributed by atoms with Crippen LogP contribution in [0.25, 0.3) is 0 Å². The molecule has 0 aromatic carbocycles. The molecule has 1 aliphatic rings. The van der Waals surface area contributed by atoms with Gasteiger partial charge < -0.3 is 0 Å². The van der Waals surface area contributed by atoms with Crippen LogP contribution in [0.15, 0.2) is 22.7 Å². The number of alkyl halides is 1. The van der Waals surface area contributed by atoms with Crippen LogP contribution in [0, 0.1) is 0 Å². The Hall–Kier alpha value is -0.220. The molecule has 0 spiro atoms. The Morgan fingerprint density at radius 3 is 2.75 bits per heavy atom. The topological polar surface area (TPSA) is 34.1 Å². The first kappa shape index (κ1) is 9.86. The second-order valence-electron chi connectivity index (χ2n) is 2.37. The maximum absolute atomic E-state index is 11.1. The average Bonchev–Trinajstić information content (AvgIpc) is 2.01. The van der Waals surface area contributed by atoms with Gasteiger partial charge in [0.1, 0.15) is 0 Å². The Morgan fingerprint density at radius 2 is 2.08 bits per heavy atom. The van der Waals surface area contributed by atoms with E-state index in [1.807, 2.05) is 6.08 Å². The Kier molecular flexibility index (Phi) is 3.40. The molecule has 0 aromatic rings. The second kappa shape index (κ2) is 4.14. The van der Waals surface area contributed by atoms with Crippen LogP contribution in [0.1, 0.15) is 6.42 Å². The number of ketones is 2. The van der Waals surface area contributed by atoms with Gasteiger partial charge in [0.05, 0.1) is 4.48 Å². The third kappa shape index (κ3) is 2.38. The van der Waals surface area contributed by atoms with Crippen molar-refractivity contribution in [2.75, 3.05) is 0 Å². The minimum atomic E-state index is -0.455. The van der Waals surface area contributed by atoms with Crippen LogP contribution in [-0.4, -0.2) is 16.4 Å². The van der Waals surface area contributed by atoms with Gasteiger partial charge in [0, 0.05) is 11.2 Å². The van der Waals surface area contributed by atoms with E-state index in [0.29, 0.717) is 4.48 Å². The van der Waals surface area contributed by atoms with E-state index in [1.54, 1.807) is 12.2 Å². The largest absolute Gasteiger partial charge is 0.290 e. The summed E-state index contributed by atoms with van der Waals surface area (Å²) in [5.74, 6) is -0.826. The molecule has 4 heteroatoms. The lowest BCUT2D eigenvalue weighted by Crippen LogP contribution is -2.18. The lowest BCUT2D eigenvalue weighted by Gasteiger charge is -2.04. The smallest absolute Gasteiger partial charge is 0.235 e. The van der Waals surface area contributed by atoms with Crippen molar-refractivity contribution in [3.63, 3.8) is 0 Å². The lowest BCUT2D eigenvalue weighted by molar-refractivity contribution is -0.133. The average molecular weight is 294 g/mol. The SMILES string of the molecule is O=C1CC(Br)/C=C\C=C(\Br)C1=O. The van der Waals surface area contributed by atoms with Gasteiger partial charge in [-0.05, 0) is 22.0 Å². The molecular weight excluding hydrogens is 288 g/mol. The second-order valence-corrected chi connectivity index (χ2v) is 4.40. The summed E-state index contributed by atoms with van der Waals surface area (Å²) in [6, 6.07) is 0. The quantitative estimate of drug-likeness (QED) is 0.506. The van der Waals surface area contributed by atoms with Gasteiger partial charge in [-0.3, -0.25) is 9.59 Å². The number of carbonyl (C=O) groups excluding carboxylic acids is 2. The van der Waals surface area contributed by atoms with E-state index in [-0.39, 0.29) is 17.0 Å². The van der Waals surface area contributed by atoms with E-state index in [4.69, 9.17) is 0 Å². The highest BCUT2D eigenvalue weighted by atomic mass is 79.9. The molecule has 64 valence electrons. The van der Waals surface area contributed by atoms with Crippen molar-refractivity contribution in [2.45, 2.75) is 11.2 Å². The van der Waals surface area contributed by atoms with Crippen LogP contribution >= 0.6 is 31.9 Å². The fraction of sp³-hybridized carbons (Fsp3) is 0.250. The van der Waals surface area contributed by atoms with Crippen molar-refractivity contribution in [1.82, 2.24) is 0 Å². The monoisotopic (exact) mass is 292 g/mol. The third-order valence-corrected chi connectivity index (χ3v) is 2.67. The van der Waals surface area contributed by atoms with Gasteiger partial charge in [0.2, 0.25) is 11.6 Å². The molecule has 0 radical (unpaired) electrons. The molecule has 0 amide bonds. The van der Waals surface area contributed by atoms with Crippen molar-refractivity contribution in [2.24, 2.45) is 0 Å². The molecule has 0 bridgehead atoms. The molecule has 0 aromatic heterocycles. The van der Waals surface area contributed by atoms with Gasteiger partial charge in [0.15, 0.2) is 0 Å². The maximum atomic E-state index is 11.1. The molecule has 0 heterocycles. The number of halogens is 2. The highest BCUT2D eigenvalue weighted by Gasteiger charge is 2.20. The van der Waals surface area contributed by atoms with E-state index < -0.39 is 5.78 Å². The van der Waals surface area contributed by atoms with Crippen molar-refractivity contribution >= 4 is 43.4 Å². The van der Waals surface area contributed by atoms with E-state index in [9.17, 15) is 9.59 Å². The summed E-state index contributed by atoms with van der Waals surface area (Å²) in [6.45, 7) is 0. The Morgan fingerprint density at radius 1 is 1.42 bits per heavy atom. The molecule has 1 unspecified atom stereocenters. The van der Waals surface area contributed by atoms with Gasteiger partial charge in [-0.1, -0.05) is 28.1 Å². The molecule has 1 aliphatic carbocycles. The number of carbonyl (C=O) groups is 2. The zero-order valence-corrected chi connectivity index (χ0v) is 9.26. The Balaban J connectivity index is 2.94. The van der Waals surface area contributed by atoms with E-state index in [1.165, 1.54) is 0 Å². The summed E-state index contributed by atoms with van der Waals surface area (Å²) in [7, 11) is 0. The van der Waals surface area contributed by atoms with Crippen molar-refractivity contribution in [1.29, 1.82) is 0 Å². The van der Waals surface area contributed by atoms with Crippen LogP contribution in [0.4, 0.5) is 0 Å². The van der Waals surface area contributed by atoms with Gasteiger partial charge in [-0.25, -0.2) is 0 Å². The summed E-state index contributed by atoms with van der Waals surface area (Å²) in [5, 5.41) is 0. The molecular formula is C8H6Br2O2. The number of allylic oxidation sites excluding steroid dienone is 4. The van der Waals surface area contributed by atoms with Crippen LogP contribution in [0.2, 0.25) is 0 Å². The molecule has 1 atom stereocenters. The van der Waals surface area contributed by atoms with Gasteiger partial charge in [-0.15, -0.1) is 0 Å². The van der Waals surface area contributed by atoms with Gasteiger partial charge in [0.25, 0.3) is 0 Å². The first-order valence-electron chi connectivity index (χ1n) is 3.37. The number of hydrogen-bond acceptors (Lipinski definition) is 2. The fourth-order valence-electron chi connectivity index (χ4n) is 0.807.